The Bertz CT molecular complexity index is 635. The third-order valence-corrected chi connectivity index (χ3v) is 5.63. The summed E-state index contributed by atoms with van der Waals surface area (Å²) < 4.78 is 0. The van der Waals surface area contributed by atoms with Crippen molar-refractivity contribution in [2.75, 3.05) is 27.7 Å². The zero-order valence-corrected chi connectivity index (χ0v) is 18.1. The third kappa shape index (κ3) is 7.53. The molecular weight excluding hydrogens is 348 g/mol. The molecule has 1 atom stereocenters. The highest BCUT2D eigenvalue weighted by Crippen LogP contribution is 2.27. The molecule has 1 aliphatic rings. The van der Waals surface area contributed by atoms with E-state index in [9.17, 15) is 4.79 Å². The quantitative estimate of drug-likeness (QED) is 0.527. The first kappa shape index (κ1) is 22.3. The van der Waals surface area contributed by atoms with Gasteiger partial charge < -0.3 is 15.5 Å². The summed E-state index contributed by atoms with van der Waals surface area (Å²) >= 11 is 0. The van der Waals surface area contributed by atoms with E-state index in [1.165, 1.54) is 44.9 Å². The van der Waals surface area contributed by atoms with Gasteiger partial charge in [0.25, 0.3) is 5.91 Å². The first-order valence-corrected chi connectivity index (χ1v) is 10.8. The molecule has 2 rings (SSSR count). The Hall–Kier alpha value is -2.04. The molecule has 1 saturated carbocycles. The molecule has 0 saturated heterocycles. The largest absolute Gasteiger partial charge is 0.356 e. The van der Waals surface area contributed by atoms with Crippen molar-refractivity contribution in [2.24, 2.45) is 10.9 Å². The topological polar surface area (TPSA) is 56.7 Å². The number of benzene rings is 1. The van der Waals surface area contributed by atoms with Crippen LogP contribution in [-0.2, 0) is 6.42 Å². The van der Waals surface area contributed by atoms with E-state index < -0.39 is 0 Å². The summed E-state index contributed by atoms with van der Waals surface area (Å²) in [6.07, 6.45) is 10.4. The molecule has 5 heteroatoms. The smallest absolute Gasteiger partial charge is 0.253 e. The molecule has 1 aromatic rings. The number of nitrogens with one attached hydrogen (secondary N) is 2. The fourth-order valence-electron chi connectivity index (χ4n) is 3.91. The maximum absolute atomic E-state index is 12.1. The van der Waals surface area contributed by atoms with Crippen LogP contribution in [0.4, 0.5) is 0 Å². The summed E-state index contributed by atoms with van der Waals surface area (Å²) in [5.41, 5.74) is 1.89. The molecule has 28 heavy (non-hydrogen) atoms. The number of amides is 1. The molecule has 0 radical (unpaired) electrons. The Labute approximate surface area is 171 Å². The second-order valence-electron chi connectivity index (χ2n) is 8.28. The number of aliphatic imine (C=N–C) groups is 1. The predicted molar refractivity (Wildman–Crippen MR) is 118 cm³/mol. The van der Waals surface area contributed by atoms with Gasteiger partial charge in [-0.05, 0) is 49.8 Å². The molecule has 2 N–H and O–H groups in total. The zero-order chi connectivity index (χ0) is 20.4. The van der Waals surface area contributed by atoms with E-state index in [2.05, 4.69) is 28.6 Å². The van der Waals surface area contributed by atoms with Crippen LogP contribution in [0.3, 0.4) is 0 Å². The van der Waals surface area contributed by atoms with Crippen LogP contribution in [0, 0.1) is 5.92 Å². The van der Waals surface area contributed by atoms with Gasteiger partial charge in [-0.15, -0.1) is 0 Å². The molecule has 1 unspecified atom stereocenters. The summed E-state index contributed by atoms with van der Waals surface area (Å²) in [7, 11) is 5.38. The molecule has 1 amide bonds. The molecule has 0 bridgehead atoms. The number of hydrogen-bond acceptors (Lipinski definition) is 2. The normalized spacial score (nSPS) is 16.5. The Morgan fingerprint density at radius 3 is 2.68 bits per heavy atom. The maximum Gasteiger partial charge on any atom is 0.253 e. The van der Waals surface area contributed by atoms with Crippen molar-refractivity contribution in [1.29, 1.82) is 0 Å². The van der Waals surface area contributed by atoms with Crippen molar-refractivity contribution in [3.8, 4) is 0 Å². The Kier molecular flexibility index (Phi) is 9.32. The van der Waals surface area contributed by atoms with E-state index in [4.69, 9.17) is 0 Å². The Balaban J connectivity index is 1.73. The monoisotopic (exact) mass is 386 g/mol. The summed E-state index contributed by atoms with van der Waals surface area (Å²) in [6.45, 7) is 3.03. The zero-order valence-electron chi connectivity index (χ0n) is 18.1. The van der Waals surface area contributed by atoms with Gasteiger partial charge >= 0.3 is 0 Å². The summed E-state index contributed by atoms with van der Waals surface area (Å²) in [6, 6.07) is 8.29. The minimum Gasteiger partial charge on any atom is -0.356 e. The molecule has 0 spiro atoms. The van der Waals surface area contributed by atoms with Gasteiger partial charge in [0.05, 0.1) is 0 Å². The minimum absolute atomic E-state index is 0.0408. The van der Waals surface area contributed by atoms with E-state index in [0.29, 0.717) is 6.04 Å². The lowest BCUT2D eigenvalue weighted by molar-refractivity contribution is 0.0827. The van der Waals surface area contributed by atoms with Gasteiger partial charge in [-0.2, -0.15) is 0 Å². The summed E-state index contributed by atoms with van der Waals surface area (Å²) in [5, 5.41) is 6.92. The highest BCUT2D eigenvalue weighted by atomic mass is 16.2. The molecule has 156 valence electrons. The van der Waals surface area contributed by atoms with Gasteiger partial charge in [-0.1, -0.05) is 44.2 Å². The first-order valence-electron chi connectivity index (χ1n) is 10.8. The predicted octanol–water partition coefficient (Wildman–Crippen LogP) is 3.84. The van der Waals surface area contributed by atoms with Gasteiger partial charge in [0, 0.05) is 39.3 Å². The van der Waals surface area contributed by atoms with Crippen molar-refractivity contribution in [1.82, 2.24) is 15.5 Å². The number of carbonyl (C=O) groups excluding carboxylic acids is 1. The first-order chi connectivity index (χ1) is 13.5. The van der Waals surface area contributed by atoms with Crippen LogP contribution < -0.4 is 10.6 Å². The molecule has 0 aromatic heterocycles. The molecule has 0 aliphatic heterocycles. The Morgan fingerprint density at radius 2 is 2.00 bits per heavy atom. The molecule has 1 fully saturated rings. The van der Waals surface area contributed by atoms with Crippen LogP contribution >= 0.6 is 0 Å². The number of rotatable bonds is 8. The molecule has 0 heterocycles. The minimum atomic E-state index is 0.0408. The number of nitrogens with zero attached hydrogens (tertiary/aromatic N) is 2. The summed E-state index contributed by atoms with van der Waals surface area (Å²) in [4.78, 5) is 18.1. The van der Waals surface area contributed by atoms with Crippen molar-refractivity contribution < 1.29 is 4.79 Å². The molecule has 5 nitrogen and oxygen atoms in total. The molecule has 1 aliphatic carbocycles. The third-order valence-electron chi connectivity index (χ3n) is 5.63. The van der Waals surface area contributed by atoms with Gasteiger partial charge in [-0.25, -0.2) is 0 Å². The van der Waals surface area contributed by atoms with Crippen molar-refractivity contribution in [2.45, 2.75) is 64.3 Å². The van der Waals surface area contributed by atoms with Crippen LogP contribution in [-0.4, -0.2) is 50.5 Å². The van der Waals surface area contributed by atoms with Crippen LogP contribution in [0.15, 0.2) is 29.3 Å². The second-order valence-corrected chi connectivity index (χ2v) is 8.28. The number of carbonyl (C=O) groups is 1. The Morgan fingerprint density at radius 1 is 1.25 bits per heavy atom. The summed E-state index contributed by atoms with van der Waals surface area (Å²) in [5.74, 6) is 1.82. The van der Waals surface area contributed by atoms with Crippen LogP contribution in [0.25, 0.3) is 0 Å². The molecular formula is C23H38N4O. The highest BCUT2D eigenvalue weighted by molar-refractivity contribution is 5.94. The average molecular weight is 387 g/mol. The maximum atomic E-state index is 12.1. The van der Waals surface area contributed by atoms with Crippen LogP contribution in [0.2, 0.25) is 0 Å². The van der Waals surface area contributed by atoms with Gasteiger partial charge in [-0.3, -0.25) is 9.79 Å². The van der Waals surface area contributed by atoms with Gasteiger partial charge in [0.15, 0.2) is 5.96 Å². The van der Waals surface area contributed by atoms with Crippen molar-refractivity contribution >= 4 is 11.9 Å². The fraction of sp³-hybridized carbons (Fsp3) is 0.652. The van der Waals surface area contributed by atoms with E-state index >= 15 is 0 Å². The van der Waals surface area contributed by atoms with Crippen LogP contribution in [0.5, 0.6) is 0 Å². The second kappa shape index (κ2) is 11.7. The van der Waals surface area contributed by atoms with E-state index in [1.807, 2.05) is 25.2 Å². The lowest BCUT2D eigenvalue weighted by Gasteiger charge is -2.24. The standard InChI is InChI=1S/C23H38N4O/c1-18(13-14-19-9-6-5-7-10-19)26-23(24-2)25-16-15-20-11-8-12-21(17-20)22(28)27(3)4/h8,11-12,17-19H,5-7,9-10,13-16H2,1-4H3,(H2,24,25,26). The molecule has 1 aromatic carbocycles. The average Bonchev–Trinajstić information content (AvgIpc) is 2.71. The van der Waals surface area contributed by atoms with Crippen molar-refractivity contribution in [3.05, 3.63) is 35.4 Å². The van der Waals surface area contributed by atoms with E-state index in [0.717, 1.165) is 36.0 Å². The van der Waals surface area contributed by atoms with Crippen molar-refractivity contribution in [3.63, 3.8) is 0 Å². The lowest BCUT2D eigenvalue weighted by Crippen LogP contribution is -2.43. The SMILES string of the molecule is CN=C(NCCc1cccc(C(=O)N(C)C)c1)NC(C)CCC1CCCCC1. The van der Waals surface area contributed by atoms with Crippen LogP contribution in [0.1, 0.15) is 67.8 Å². The highest BCUT2D eigenvalue weighted by Gasteiger charge is 2.15. The fourth-order valence-corrected chi connectivity index (χ4v) is 3.91. The van der Waals surface area contributed by atoms with Gasteiger partial charge in [0.2, 0.25) is 0 Å². The van der Waals surface area contributed by atoms with Gasteiger partial charge in [0.1, 0.15) is 0 Å². The lowest BCUT2D eigenvalue weighted by atomic mass is 9.85. The van der Waals surface area contributed by atoms with E-state index in [1.54, 1.807) is 19.0 Å². The number of hydrogen-bond donors (Lipinski definition) is 2. The van der Waals surface area contributed by atoms with E-state index in [-0.39, 0.29) is 5.91 Å². The number of guanidine groups is 1.